The SMILES string of the molecule is CC(C=O)Cn1cccn1. The Morgan fingerprint density at radius 2 is 2.60 bits per heavy atom. The van der Waals surface area contributed by atoms with Crippen molar-refractivity contribution < 1.29 is 4.79 Å². The fourth-order valence-corrected chi connectivity index (χ4v) is 0.747. The topological polar surface area (TPSA) is 34.9 Å². The van der Waals surface area contributed by atoms with Crippen molar-refractivity contribution in [2.45, 2.75) is 13.5 Å². The maximum absolute atomic E-state index is 10.2. The third kappa shape index (κ3) is 1.69. The van der Waals surface area contributed by atoms with Crippen LogP contribution in [0.25, 0.3) is 0 Å². The van der Waals surface area contributed by atoms with E-state index in [-0.39, 0.29) is 5.92 Å². The molecule has 3 nitrogen and oxygen atoms in total. The van der Waals surface area contributed by atoms with Crippen molar-refractivity contribution in [3.8, 4) is 0 Å². The molecule has 1 heterocycles. The van der Waals surface area contributed by atoms with Gasteiger partial charge >= 0.3 is 0 Å². The largest absolute Gasteiger partial charge is 0.303 e. The Labute approximate surface area is 59.7 Å². The first-order valence-electron chi connectivity index (χ1n) is 3.25. The fourth-order valence-electron chi connectivity index (χ4n) is 0.747. The fraction of sp³-hybridized carbons (Fsp3) is 0.429. The summed E-state index contributed by atoms with van der Waals surface area (Å²) in [5.41, 5.74) is 0. The predicted octanol–water partition coefficient (Wildman–Crippen LogP) is 0.718. The molecule has 1 aromatic heterocycles. The minimum Gasteiger partial charge on any atom is -0.303 e. The molecule has 54 valence electrons. The van der Waals surface area contributed by atoms with Gasteiger partial charge in [-0.25, -0.2) is 0 Å². The molecule has 1 atom stereocenters. The molecule has 0 aliphatic carbocycles. The Balaban J connectivity index is 2.47. The zero-order valence-electron chi connectivity index (χ0n) is 5.90. The maximum Gasteiger partial charge on any atom is 0.124 e. The van der Waals surface area contributed by atoms with Gasteiger partial charge in [0, 0.05) is 18.3 Å². The molecule has 1 aromatic rings. The lowest BCUT2D eigenvalue weighted by Crippen LogP contribution is -2.08. The van der Waals surface area contributed by atoms with Crippen molar-refractivity contribution in [1.29, 1.82) is 0 Å². The summed E-state index contributed by atoms with van der Waals surface area (Å²) in [4.78, 5) is 10.2. The van der Waals surface area contributed by atoms with Crippen molar-refractivity contribution in [2.75, 3.05) is 0 Å². The summed E-state index contributed by atoms with van der Waals surface area (Å²) < 4.78 is 1.75. The number of carbonyl (C=O) groups excluding carboxylic acids is 1. The quantitative estimate of drug-likeness (QED) is 0.577. The summed E-state index contributed by atoms with van der Waals surface area (Å²) in [5, 5.41) is 3.96. The number of hydrogen-bond donors (Lipinski definition) is 0. The van der Waals surface area contributed by atoms with E-state index in [1.807, 2.05) is 19.2 Å². The second-order valence-corrected chi connectivity index (χ2v) is 2.34. The lowest BCUT2D eigenvalue weighted by molar-refractivity contribution is -0.111. The molecule has 1 rings (SSSR count). The molecule has 0 bridgehead atoms. The molecule has 0 radical (unpaired) electrons. The second kappa shape index (κ2) is 3.15. The molecule has 0 N–H and O–H groups in total. The summed E-state index contributed by atoms with van der Waals surface area (Å²) in [7, 11) is 0. The van der Waals surface area contributed by atoms with Crippen LogP contribution in [-0.4, -0.2) is 16.1 Å². The number of aldehydes is 1. The Hall–Kier alpha value is -1.12. The first-order valence-corrected chi connectivity index (χ1v) is 3.25. The zero-order valence-corrected chi connectivity index (χ0v) is 5.90. The molecule has 0 aliphatic heterocycles. The highest BCUT2D eigenvalue weighted by atomic mass is 16.1. The predicted molar refractivity (Wildman–Crippen MR) is 37.5 cm³/mol. The van der Waals surface area contributed by atoms with Crippen LogP contribution in [0.15, 0.2) is 18.5 Å². The van der Waals surface area contributed by atoms with E-state index in [0.29, 0.717) is 6.54 Å². The van der Waals surface area contributed by atoms with Gasteiger partial charge in [0.25, 0.3) is 0 Å². The van der Waals surface area contributed by atoms with Crippen LogP contribution in [-0.2, 0) is 11.3 Å². The number of nitrogens with zero attached hydrogens (tertiary/aromatic N) is 2. The Morgan fingerprint density at radius 3 is 3.10 bits per heavy atom. The third-order valence-corrected chi connectivity index (χ3v) is 1.27. The average molecular weight is 138 g/mol. The van der Waals surface area contributed by atoms with Gasteiger partial charge in [-0.15, -0.1) is 0 Å². The highest BCUT2D eigenvalue weighted by Gasteiger charge is 1.98. The summed E-state index contributed by atoms with van der Waals surface area (Å²) in [6.45, 7) is 2.55. The molecular formula is C7H10N2O. The van der Waals surface area contributed by atoms with Gasteiger partial charge in [0.1, 0.15) is 6.29 Å². The maximum atomic E-state index is 10.2. The Bertz CT molecular complexity index is 193. The van der Waals surface area contributed by atoms with Crippen LogP contribution in [0.4, 0.5) is 0 Å². The van der Waals surface area contributed by atoms with E-state index < -0.39 is 0 Å². The van der Waals surface area contributed by atoms with Gasteiger partial charge in [0.05, 0.1) is 6.54 Å². The van der Waals surface area contributed by atoms with E-state index in [4.69, 9.17) is 0 Å². The summed E-state index contributed by atoms with van der Waals surface area (Å²) >= 11 is 0. The normalized spacial score (nSPS) is 12.9. The molecule has 0 saturated carbocycles. The number of rotatable bonds is 3. The molecule has 0 aliphatic rings. The van der Waals surface area contributed by atoms with Crippen LogP contribution in [0.1, 0.15) is 6.92 Å². The minimum atomic E-state index is 0.0555. The zero-order chi connectivity index (χ0) is 7.40. The first-order chi connectivity index (χ1) is 4.83. The van der Waals surface area contributed by atoms with E-state index in [1.165, 1.54) is 0 Å². The molecule has 0 aromatic carbocycles. The minimum absolute atomic E-state index is 0.0555. The van der Waals surface area contributed by atoms with Crippen molar-refractivity contribution in [2.24, 2.45) is 5.92 Å². The van der Waals surface area contributed by atoms with Crippen LogP contribution in [0, 0.1) is 5.92 Å². The summed E-state index contributed by atoms with van der Waals surface area (Å²) in [6, 6.07) is 1.84. The number of aromatic nitrogens is 2. The lowest BCUT2D eigenvalue weighted by atomic mass is 10.2. The molecule has 0 amide bonds. The Kier molecular flexibility index (Phi) is 2.20. The van der Waals surface area contributed by atoms with Gasteiger partial charge in [0.2, 0.25) is 0 Å². The van der Waals surface area contributed by atoms with Gasteiger partial charge in [-0.1, -0.05) is 6.92 Å². The van der Waals surface area contributed by atoms with E-state index in [0.717, 1.165) is 6.29 Å². The van der Waals surface area contributed by atoms with Crippen molar-refractivity contribution in [1.82, 2.24) is 9.78 Å². The summed E-state index contributed by atoms with van der Waals surface area (Å²) in [6.07, 6.45) is 4.49. The monoisotopic (exact) mass is 138 g/mol. The molecule has 0 saturated heterocycles. The van der Waals surface area contributed by atoms with Crippen LogP contribution < -0.4 is 0 Å². The van der Waals surface area contributed by atoms with E-state index in [9.17, 15) is 4.79 Å². The van der Waals surface area contributed by atoms with Gasteiger partial charge in [-0.3, -0.25) is 4.68 Å². The van der Waals surface area contributed by atoms with Crippen LogP contribution >= 0.6 is 0 Å². The third-order valence-electron chi connectivity index (χ3n) is 1.27. The van der Waals surface area contributed by atoms with Crippen molar-refractivity contribution in [3.05, 3.63) is 18.5 Å². The van der Waals surface area contributed by atoms with E-state index in [2.05, 4.69) is 5.10 Å². The van der Waals surface area contributed by atoms with Crippen molar-refractivity contribution in [3.63, 3.8) is 0 Å². The summed E-state index contributed by atoms with van der Waals surface area (Å²) in [5.74, 6) is 0.0555. The number of hydrogen-bond acceptors (Lipinski definition) is 2. The molecule has 1 unspecified atom stereocenters. The van der Waals surface area contributed by atoms with E-state index in [1.54, 1.807) is 10.9 Å². The van der Waals surface area contributed by atoms with Gasteiger partial charge in [-0.2, -0.15) is 5.10 Å². The van der Waals surface area contributed by atoms with E-state index >= 15 is 0 Å². The molecule has 3 heteroatoms. The highest BCUT2D eigenvalue weighted by molar-refractivity contribution is 5.52. The average Bonchev–Trinajstić information content (AvgIpc) is 2.40. The molecule has 10 heavy (non-hydrogen) atoms. The molecular weight excluding hydrogens is 128 g/mol. The van der Waals surface area contributed by atoms with Crippen molar-refractivity contribution >= 4 is 6.29 Å². The molecule has 0 spiro atoms. The lowest BCUT2D eigenvalue weighted by Gasteiger charge is -2.01. The van der Waals surface area contributed by atoms with Crippen LogP contribution in [0.3, 0.4) is 0 Å². The van der Waals surface area contributed by atoms with Crippen LogP contribution in [0.5, 0.6) is 0 Å². The van der Waals surface area contributed by atoms with Gasteiger partial charge in [-0.05, 0) is 6.07 Å². The Morgan fingerprint density at radius 1 is 1.80 bits per heavy atom. The van der Waals surface area contributed by atoms with Crippen LogP contribution in [0.2, 0.25) is 0 Å². The van der Waals surface area contributed by atoms with Gasteiger partial charge < -0.3 is 4.79 Å². The first kappa shape index (κ1) is 6.99. The van der Waals surface area contributed by atoms with Gasteiger partial charge in [0.15, 0.2) is 0 Å². The second-order valence-electron chi connectivity index (χ2n) is 2.34. The highest BCUT2D eigenvalue weighted by Crippen LogP contribution is 1.94. The molecule has 0 fully saturated rings. The standard InChI is InChI=1S/C7H10N2O/c1-7(6-10)5-9-4-2-3-8-9/h2-4,6-7H,5H2,1H3. The smallest absolute Gasteiger partial charge is 0.124 e. The number of carbonyl (C=O) groups is 1.